The number of ether oxygens (including phenoxy) is 1. The normalized spacial score (nSPS) is 11.6. The van der Waals surface area contributed by atoms with Gasteiger partial charge in [-0.05, 0) is 20.8 Å². The predicted molar refractivity (Wildman–Crippen MR) is 53.3 cm³/mol. The standard InChI is InChI=1S/C10H16N2O2/c1-4-14-10(2,3)7-12-8-11-5-9(12)6-13/h5-6,8H,4,7H2,1-3H3. The second-order valence-corrected chi connectivity index (χ2v) is 3.76. The van der Waals surface area contributed by atoms with Crippen LogP contribution in [0.2, 0.25) is 0 Å². The van der Waals surface area contributed by atoms with Gasteiger partial charge in [-0.1, -0.05) is 0 Å². The Bertz CT molecular complexity index is 305. The van der Waals surface area contributed by atoms with Gasteiger partial charge in [-0.25, -0.2) is 4.98 Å². The Morgan fingerprint density at radius 1 is 1.64 bits per heavy atom. The van der Waals surface area contributed by atoms with Crippen molar-refractivity contribution in [2.24, 2.45) is 0 Å². The first-order valence-corrected chi connectivity index (χ1v) is 4.68. The van der Waals surface area contributed by atoms with Crippen molar-refractivity contribution in [2.45, 2.75) is 32.9 Å². The Morgan fingerprint density at radius 2 is 2.36 bits per heavy atom. The second kappa shape index (κ2) is 4.37. The highest BCUT2D eigenvalue weighted by molar-refractivity contribution is 5.71. The summed E-state index contributed by atoms with van der Waals surface area (Å²) < 4.78 is 7.33. The van der Waals surface area contributed by atoms with Crippen molar-refractivity contribution in [2.75, 3.05) is 6.61 Å². The molecule has 0 unspecified atom stereocenters. The number of aromatic nitrogens is 2. The molecular weight excluding hydrogens is 180 g/mol. The molecular formula is C10H16N2O2. The van der Waals surface area contributed by atoms with E-state index in [0.717, 1.165) is 6.29 Å². The molecule has 78 valence electrons. The number of hydrogen-bond acceptors (Lipinski definition) is 3. The third-order valence-electron chi connectivity index (χ3n) is 1.95. The fraction of sp³-hybridized carbons (Fsp3) is 0.600. The lowest BCUT2D eigenvalue weighted by Gasteiger charge is -2.25. The largest absolute Gasteiger partial charge is 0.374 e. The van der Waals surface area contributed by atoms with E-state index in [1.807, 2.05) is 20.8 Å². The second-order valence-electron chi connectivity index (χ2n) is 3.76. The molecule has 1 aromatic heterocycles. The molecule has 14 heavy (non-hydrogen) atoms. The van der Waals surface area contributed by atoms with Crippen LogP contribution < -0.4 is 0 Å². The minimum absolute atomic E-state index is 0.271. The Kier molecular flexibility index (Phi) is 3.41. The van der Waals surface area contributed by atoms with Gasteiger partial charge < -0.3 is 9.30 Å². The van der Waals surface area contributed by atoms with Crippen LogP contribution in [0.25, 0.3) is 0 Å². The number of rotatable bonds is 5. The third-order valence-corrected chi connectivity index (χ3v) is 1.95. The molecule has 0 fully saturated rings. The third kappa shape index (κ3) is 2.67. The molecule has 0 radical (unpaired) electrons. The van der Waals surface area contributed by atoms with Gasteiger partial charge in [0.15, 0.2) is 6.29 Å². The lowest BCUT2D eigenvalue weighted by Crippen LogP contribution is -2.30. The minimum Gasteiger partial charge on any atom is -0.374 e. The molecule has 0 aliphatic carbocycles. The number of aldehydes is 1. The topological polar surface area (TPSA) is 44.1 Å². The monoisotopic (exact) mass is 196 g/mol. The van der Waals surface area contributed by atoms with Crippen LogP contribution in [0.1, 0.15) is 31.3 Å². The highest BCUT2D eigenvalue weighted by atomic mass is 16.5. The van der Waals surface area contributed by atoms with E-state index in [0.29, 0.717) is 18.8 Å². The van der Waals surface area contributed by atoms with E-state index in [-0.39, 0.29) is 5.60 Å². The minimum atomic E-state index is -0.271. The Hall–Kier alpha value is -1.16. The molecule has 0 aliphatic heterocycles. The molecule has 0 saturated heterocycles. The van der Waals surface area contributed by atoms with Crippen molar-refractivity contribution in [3.63, 3.8) is 0 Å². The van der Waals surface area contributed by atoms with Gasteiger partial charge in [0.25, 0.3) is 0 Å². The molecule has 4 nitrogen and oxygen atoms in total. The summed E-state index contributed by atoms with van der Waals surface area (Å²) >= 11 is 0. The molecule has 4 heteroatoms. The first kappa shape index (κ1) is 10.9. The van der Waals surface area contributed by atoms with E-state index in [1.54, 1.807) is 17.1 Å². The lowest BCUT2D eigenvalue weighted by molar-refractivity contribution is -0.0226. The molecule has 0 N–H and O–H groups in total. The van der Waals surface area contributed by atoms with Gasteiger partial charge in [-0.2, -0.15) is 0 Å². The van der Waals surface area contributed by atoms with Crippen LogP contribution >= 0.6 is 0 Å². The summed E-state index contributed by atoms with van der Waals surface area (Å²) in [5, 5.41) is 0. The smallest absolute Gasteiger partial charge is 0.168 e. The first-order valence-electron chi connectivity index (χ1n) is 4.68. The number of carbonyl (C=O) groups excluding carboxylic acids is 1. The number of hydrogen-bond donors (Lipinski definition) is 0. The molecule has 0 saturated carbocycles. The van der Waals surface area contributed by atoms with E-state index in [9.17, 15) is 4.79 Å². The van der Waals surface area contributed by atoms with Gasteiger partial charge in [-0.3, -0.25) is 4.79 Å². The van der Waals surface area contributed by atoms with Crippen molar-refractivity contribution in [3.05, 3.63) is 18.2 Å². The van der Waals surface area contributed by atoms with Crippen LogP contribution in [0.4, 0.5) is 0 Å². The summed E-state index contributed by atoms with van der Waals surface area (Å²) in [5.74, 6) is 0. The zero-order valence-corrected chi connectivity index (χ0v) is 8.86. The van der Waals surface area contributed by atoms with Gasteiger partial charge in [0.05, 0.1) is 24.7 Å². The van der Waals surface area contributed by atoms with Crippen LogP contribution in [-0.2, 0) is 11.3 Å². The van der Waals surface area contributed by atoms with Crippen molar-refractivity contribution in [1.29, 1.82) is 0 Å². The number of nitrogens with zero attached hydrogens (tertiary/aromatic N) is 2. The van der Waals surface area contributed by atoms with Crippen molar-refractivity contribution in [3.8, 4) is 0 Å². The zero-order chi connectivity index (χ0) is 10.6. The van der Waals surface area contributed by atoms with Gasteiger partial charge in [0.1, 0.15) is 5.69 Å². The molecule has 1 aromatic rings. The summed E-state index contributed by atoms with van der Waals surface area (Å²) in [6.07, 6.45) is 3.99. The number of imidazole rings is 1. The maximum absolute atomic E-state index is 10.6. The molecule has 0 bridgehead atoms. The number of carbonyl (C=O) groups is 1. The fourth-order valence-electron chi connectivity index (χ4n) is 1.41. The zero-order valence-electron chi connectivity index (χ0n) is 8.86. The molecule has 1 rings (SSSR count). The summed E-state index contributed by atoms with van der Waals surface area (Å²) in [6, 6.07) is 0. The summed E-state index contributed by atoms with van der Waals surface area (Å²) in [5.41, 5.74) is 0.311. The van der Waals surface area contributed by atoms with Crippen LogP contribution in [0.5, 0.6) is 0 Å². The Labute approximate surface area is 83.9 Å². The van der Waals surface area contributed by atoms with Gasteiger partial charge >= 0.3 is 0 Å². The summed E-state index contributed by atoms with van der Waals surface area (Å²) in [6.45, 7) is 7.24. The molecule has 0 amide bonds. The van der Waals surface area contributed by atoms with Gasteiger partial charge in [-0.15, -0.1) is 0 Å². The molecule has 0 spiro atoms. The Balaban J connectivity index is 2.72. The highest BCUT2D eigenvalue weighted by Crippen LogP contribution is 2.13. The molecule has 1 heterocycles. The van der Waals surface area contributed by atoms with E-state index in [2.05, 4.69) is 4.98 Å². The maximum Gasteiger partial charge on any atom is 0.168 e. The van der Waals surface area contributed by atoms with E-state index in [1.165, 1.54) is 0 Å². The van der Waals surface area contributed by atoms with Gasteiger partial charge in [0.2, 0.25) is 0 Å². The SMILES string of the molecule is CCOC(C)(C)Cn1cncc1C=O. The van der Waals surface area contributed by atoms with Crippen LogP contribution in [0.15, 0.2) is 12.5 Å². The average molecular weight is 196 g/mol. The maximum atomic E-state index is 10.6. The fourth-order valence-corrected chi connectivity index (χ4v) is 1.41. The van der Waals surface area contributed by atoms with Crippen molar-refractivity contribution < 1.29 is 9.53 Å². The lowest BCUT2D eigenvalue weighted by atomic mass is 10.1. The van der Waals surface area contributed by atoms with E-state index in [4.69, 9.17) is 4.74 Å². The van der Waals surface area contributed by atoms with Crippen LogP contribution in [0, 0.1) is 0 Å². The quantitative estimate of drug-likeness (QED) is 0.670. The van der Waals surface area contributed by atoms with Crippen molar-refractivity contribution in [1.82, 2.24) is 9.55 Å². The molecule has 0 aliphatic rings. The average Bonchev–Trinajstić information content (AvgIpc) is 2.50. The molecule has 0 atom stereocenters. The predicted octanol–water partition coefficient (Wildman–Crippen LogP) is 1.51. The van der Waals surface area contributed by atoms with E-state index < -0.39 is 0 Å². The summed E-state index contributed by atoms with van der Waals surface area (Å²) in [7, 11) is 0. The first-order chi connectivity index (χ1) is 6.59. The Morgan fingerprint density at radius 3 is 2.93 bits per heavy atom. The summed E-state index contributed by atoms with van der Waals surface area (Å²) in [4.78, 5) is 14.5. The highest BCUT2D eigenvalue weighted by Gasteiger charge is 2.19. The van der Waals surface area contributed by atoms with Gasteiger partial charge in [0, 0.05) is 6.61 Å². The van der Waals surface area contributed by atoms with Crippen molar-refractivity contribution >= 4 is 6.29 Å². The van der Waals surface area contributed by atoms with E-state index >= 15 is 0 Å². The van der Waals surface area contributed by atoms with Crippen LogP contribution in [-0.4, -0.2) is 28.0 Å². The van der Waals surface area contributed by atoms with Crippen LogP contribution in [0.3, 0.4) is 0 Å². The molecule has 0 aromatic carbocycles.